The van der Waals surface area contributed by atoms with Crippen LogP contribution in [0.2, 0.25) is 0 Å². The molecule has 0 atom stereocenters. The van der Waals surface area contributed by atoms with Crippen molar-refractivity contribution in [2.75, 3.05) is 20.8 Å². The van der Waals surface area contributed by atoms with Gasteiger partial charge in [0.25, 0.3) is 0 Å². The molecule has 0 aliphatic heterocycles. The molecule has 0 saturated heterocycles. The fraction of sp³-hybridized carbons (Fsp3) is 0.182. The lowest BCUT2D eigenvalue weighted by Gasteiger charge is -2.04. The minimum atomic E-state index is -0.450. The van der Waals surface area contributed by atoms with Gasteiger partial charge in [0.15, 0.2) is 11.5 Å². The van der Waals surface area contributed by atoms with E-state index < -0.39 is 11.9 Å². The van der Waals surface area contributed by atoms with Gasteiger partial charge in [0.2, 0.25) is 0 Å². The van der Waals surface area contributed by atoms with Crippen molar-refractivity contribution in [2.24, 2.45) is 0 Å². The van der Waals surface area contributed by atoms with Crippen molar-refractivity contribution in [3.8, 4) is 17.1 Å². The van der Waals surface area contributed by atoms with E-state index in [1.807, 2.05) is 6.92 Å². The first-order valence-corrected chi connectivity index (χ1v) is 8.95. The second-order valence-electron chi connectivity index (χ2n) is 6.25. The van der Waals surface area contributed by atoms with Crippen molar-refractivity contribution in [3.05, 3.63) is 53.8 Å². The zero-order valence-corrected chi connectivity index (χ0v) is 16.1. The van der Waals surface area contributed by atoms with Crippen LogP contribution in [0.4, 0.5) is 0 Å². The summed E-state index contributed by atoms with van der Waals surface area (Å²) in [5, 5.41) is 1.32. The largest absolute Gasteiger partial charge is 0.489 e. The Labute approximate surface area is 165 Å². The van der Waals surface area contributed by atoms with Gasteiger partial charge in [-0.05, 0) is 43.3 Å². The summed E-state index contributed by atoms with van der Waals surface area (Å²) in [5.74, 6) is 0.0362. The highest BCUT2D eigenvalue weighted by Gasteiger charge is 2.23. The molecule has 2 heterocycles. The van der Waals surface area contributed by atoms with E-state index in [0.29, 0.717) is 56.7 Å². The number of hydrogen-bond donors (Lipinski definition) is 0. The van der Waals surface area contributed by atoms with Crippen molar-refractivity contribution >= 4 is 33.9 Å². The lowest BCUT2D eigenvalue weighted by atomic mass is 10.1. The van der Waals surface area contributed by atoms with E-state index in [4.69, 9.17) is 23.0 Å². The molecule has 4 rings (SSSR count). The molecule has 7 heteroatoms. The number of hydrogen-bond acceptors (Lipinski definition) is 7. The van der Waals surface area contributed by atoms with Gasteiger partial charge in [-0.1, -0.05) is 0 Å². The van der Waals surface area contributed by atoms with Crippen LogP contribution in [0.15, 0.2) is 51.5 Å². The van der Waals surface area contributed by atoms with Gasteiger partial charge in [-0.3, -0.25) is 0 Å². The van der Waals surface area contributed by atoms with Crippen molar-refractivity contribution in [1.82, 2.24) is 0 Å². The number of rotatable bonds is 5. The Balaban J connectivity index is 1.94. The molecule has 4 aromatic rings. The van der Waals surface area contributed by atoms with Crippen LogP contribution in [-0.4, -0.2) is 32.8 Å². The fourth-order valence-electron chi connectivity index (χ4n) is 3.23. The number of esters is 2. The maximum Gasteiger partial charge on any atom is 0.337 e. The Hall–Kier alpha value is -3.74. The first-order chi connectivity index (χ1) is 14.1. The van der Waals surface area contributed by atoms with Crippen LogP contribution >= 0.6 is 0 Å². The molecule has 2 aromatic heterocycles. The quantitative estimate of drug-likeness (QED) is 0.449. The molecule has 0 N–H and O–H groups in total. The Bertz CT molecular complexity index is 1230. The lowest BCUT2D eigenvalue weighted by Crippen LogP contribution is -2.00. The van der Waals surface area contributed by atoms with Crippen LogP contribution in [-0.2, 0) is 9.47 Å². The monoisotopic (exact) mass is 394 g/mol. The van der Waals surface area contributed by atoms with E-state index in [2.05, 4.69) is 0 Å². The Morgan fingerprint density at radius 1 is 0.897 bits per heavy atom. The molecular formula is C22H18O7. The van der Waals surface area contributed by atoms with Crippen LogP contribution in [0, 0.1) is 0 Å². The molecule has 0 aliphatic carbocycles. The number of methoxy groups -OCH3 is 2. The highest BCUT2D eigenvalue weighted by Crippen LogP contribution is 2.43. The van der Waals surface area contributed by atoms with E-state index in [1.165, 1.54) is 14.2 Å². The van der Waals surface area contributed by atoms with Gasteiger partial charge in [-0.15, -0.1) is 0 Å². The van der Waals surface area contributed by atoms with Gasteiger partial charge in [-0.25, -0.2) is 9.59 Å². The number of carbonyl (C=O) groups is 2. The van der Waals surface area contributed by atoms with Crippen LogP contribution in [0.25, 0.3) is 33.3 Å². The third-order valence-corrected chi connectivity index (χ3v) is 4.59. The van der Waals surface area contributed by atoms with Crippen LogP contribution in [0.3, 0.4) is 0 Å². The Morgan fingerprint density at radius 2 is 1.52 bits per heavy atom. The maximum absolute atomic E-state index is 11.9. The third kappa shape index (κ3) is 3.10. The third-order valence-electron chi connectivity index (χ3n) is 4.59. The second-order valence-corrected chi connectivity index (χ2v) is 6.25. The fourth-order valence-corrected chi connectivity index (χ4v) is 3.23. The number of ether oxygens (including phenoxy) is 3. The van der Waals surface area contributed by atoms with E-state index in [9.17, 15) is 9.59 Å². The first-order valence-electron chi connectivity index (χ1n) is 8.95. The number of benzene rings is 2. The molecule has 148 valence electrons. The predicted octanol–water partition coefficient (Wildman–Crippen LogP) is 4.82. The molecule has 0 spiro atoms. The molecule has 2 aromatic carbocycles. The van der Waals surface area contributed by atoms with Gasteiger partial charge >= 0.3 is 11.9 Å². The van der Waals surface area contributed by atoms with Crippen molar-refractivity contribution < 1.29 is 32.6 Å². The minimum Gasteiger partial charge on any atom is -0.489 e. The Kier molecular flexibility index (Phi) is 4.72. The van der Waals surface area contributed by atoms with Crippen LogP contribution in [0.1, 0.15) is 27.6 Å². The van der Waals surface area contributed by atoms with Crippen molar-refractivity contribution in [1.29, 1.82) is 0 Å². The lowest BCUT2D eigenvalue weighted by molar-refractivity contribution is 0.0592. The van der Waals surface area contributed by atoms with Crippen molar-refractivity contribution in [3.63, 3.8) is 0 Å². The van der Waals surface area contributed by atoms with E-state index in [1.54, 1.807) is 42.7 Å². The van der Waals surface area contributed by atoms with Gasteiger partial charge in [0, 0.05) is 5.39 Å². The first kappa shape index (κ1) is 18.6. The van der Waals surface area contributed by atoms with Gasteiger partial charge < -0.3 is 23.0 Å². The SMILES string of the molecule is CCOc1c(-c2coc3ccc(C(=O)OC)cc23)oc2ccc(C(=O)OC)cc12. The van der Waals surface area contributed by atoms with Gasteiger partial charge in [-0.2, -0.15) is 0 Å². The topological polar surface area (TPSA) is 88.1 Å². The molecule has 0 saturated carbocycles. The summed E-state index contributed by atoms with van der Waals surface area (Å²) in [6.45, 7) is 2.25. The van der Waals surface area contributed by atoms with Crippen LogP contribution in [0.5, 0.6) is 5.75 Å². The molecule has 0 fully saturated rings. The summed E-state index contributed by atoms with van der Waals surface area (Å²) in [6, 6.07) is 10.00. The predicted molar refractivity (Wildman–Crippen MR) is 105 cm³/mol. The average molecular weight is 394 g/mol. The number of fused-ring (bicyclic) bond motifs is 2. The summed E-state index contributed by atoms with van der Waals surface area (Å²) in [6.07, 6.45) is 1.55. The van der Waals surface area contributed by atoms with Gasteiger partial charge in [0.1, 0.15) is 17.4 Å². The zero-order valence-electron chi connectivity index (χ0n) is 16.1. The molecular weight excluding hydrogens is 376 g/mol. The molecule has 0 bridgehead atoms. The maximum atomic E-state index is 11.9. The molecule has 0 unspecified atom stereocenters. The van der Waals surface area contributed by atoms with E-state index >= 15 is 0 Å². The van der Waals surface area contributed by atoms with E-state index in [-0.39, 0.29) is 0 Å². The molecule has 7 nitrogen and oxygen atoms in total. The standard InChI is InChI=1S/C22H18O7/c1-4-27-19-15-10-13(22(24)26-3)6-8-18(15)29-20(19)16-11-28-17-7-5-12(9-14(16)17)21(23)25-2/h5-11H,4H2,1-3H3. The Morgan fingerprint density at radius 3 is 2.14 bits per heavy atom. The number of carbonyl (C=O) groups excluding carboxylic acids is 2. The smallest absolute Gasteiger partial charge is 0.337 e. The summed E-state index contributed by atoms with van der Waals surface area (Å²) in [4.78, 5) is 23.8. The second kappa shape index (κ2) is 7.35. The molecule has 29 heavy (non-hydrogen) atoms. The summed E-state index contributed by atoms with van der Waals surface area (Å²) < 4.78 is 27.1. The van der Waals surface area contributed by atoms with Crippen LogP contribution < -0.4 is 4.74 Å². The minimum absolute atomic E-state index is 0.387. The zero-order chi connectivity index (χ0) is 20.5. The average Bonchev–Trinajstić information content (AvgIpc) is 3.33. The molecule has 0 aliphatic rings. The normalized spacial score (nSPS) is 11.0. The van der Waals surface area contributed by atoms with Crippen molar-refractivity contribution in [2.45, 2.75) is 6.92 Å². The highest BCUT2D eigenvalue weighted by atomic mass is 16.5. The molecule has 0 radical (unpaired) electrons. The summed E-state index contributed by atoms with van der Waals surface area (Å²) >= 11 is 0. The molecule has 0 amide bonds. The van der Waals surface area contributed by atoms with E-state index in [0.717, 1.165) is 0 Å². The summed E-state index contributed by atoms with van der Waals surface area (Å²) in [5.41, 5.74) is 2.55. The van der Waals surface area contributed by atoms with Gasteiger partial charge in [0.05, 0.1) is 42.9 Å². The highest BCUT2D eigenvalue weighted by molar-refractivity contribution is 6.04. The number of furan rings is 2. The summed E-state index contributed by atoms with van der Waals surface area (Å²) in [7, 11) is 2.65.